The lowest BCUT2D eigenvalue weighted by Crippen LogP contribution is -2.47. The van der Waals surface area contributed by atoms with Gasteiger partial charge in [0.15, 0.2) is 5.69 Å². The first-order chi connectivity index (χ1) is 18.2. The van der Waals surface area contributed by atoms with Crippen LogP contribution >= 0.6 is 0 Å². The molecule has 2 heterocycles. The van der Waals surface area contributed by atoms with Crippen molar-refractivity contribution in [3.63, 3.8) is 0 Å². The van der Waals surface area contributed by atoms with Crippen LogP contribution in [0.1, 0.15) is 33.1 Å². The Kier molecular flexibility index (Phi) is 8.58. The summed E-state index contributed by atoms with van der Waals surface area (Å²) in [5, 5.41) is 0. The van der Waals surface area contributed by atoms with Crippen LogP contribution in [-0.2, 0) is 25.8 Å². The number of methoxy groups -OCH3 is 2. The van der Waals surface area contributed by atoms with Crippen LogP contribution in [0.5, 0.6) is 11.5 Å². The minimum atomic E-state index is -4.44. The maximum atomic E-state index is 13.3. The molecule has 0 spiro atoms. The van der Waals surface area contributed by atoms with Crippen LogP contribution in [0.4, 0.5) is 13.2 Å². The predicted octanol–water partition coefficient (Wildman–Crippen LogP) is 4.30. The molecule has 0 unspecified atom stereocenters. The lowest BCUT2D eigenvalue weighted by atomic mass is 10.1. The molecule has 1 aliphatic heterocycles. The molecule has 1 aliphatic rings. The standard InChI is InChI=1S/C27H31F3N4O4/c1-32-9-11-34(12-10-32)26(35)23-18-38-25(31-23)17-33(15-19-5-4-6-21(13-19)27(28,29)30)16-20-7-8-22(36-2)14-24(20)37-3/h4-8,13-14,18H,9-12,15-17H2,1-3H3. The summed E-state index contributed by atoms with van der Waals surface area (Å²) in [6, 6.07) is 10.6. The summed E-state index contributed by atoms with van der Waals surface area (Å²) in [6.07, 6.45) is -3.10. The largest absolute Gasteiger partial charge is 0.497 e. The molecule has 4 rings (SSSR count). The van der Waals surface area contributed by atoms with Crippen LogP contribution < -0.4 is 9.47 Å². The molecule has 0 bridgehead atoms. The van der Waals surface area contributed by atoms with E-state index in [4.69, 9.17) is 13.9 Å². The molecule has 0 N–H and O–H groups in total. The highest BCUT2D eigenvalue weighted by atomic mass is 19.4. The molecule has 0 saturated carbocycles. The number of ether oxygens (including phenoxy) is 2. The molecule has 0 aliphatic carbocycles. The van der Waals surface area contributed by atoms with Gasteiger partial charge in [-0.2, -0.15) is 13.2 Å². The normalized spacial score (nSPS) is 14.7. The molecule has 8 nitrogen and oxygen atoms in total. The summed E-state index contributed by atoms with van der Waals surface area (Å²) < 4.78 is 56.4. The zero-order valence-electron chi connectivity index (χ0n) is 21.6. The van der Waals surface area contributed by atoms with Gasteiger partial charge < -0.3 is 23.7 Å². The van der Waals surface area contributed by atoms with Gasteiger partial charge in [-0.25, -0.2) is 4.98 Å². The fraction of sp³-hybridized carbons (Fsp3) is 0.407. The number of alkyl halides is 3. The number of aromatic nitrogens is 1. The Morgan fingerprint density at radius 2 is 1.79 bits per heavy atom. The SMILES string of the molecule is COc1ccc(CN(Cc2cccc(C(F)(F)F)c2)Cc2nc(C(=O)N3CCN(C)CC3)co2)c(OC)c1. The van der Waals surface area contributed by atoms with E-state index in [1.807, 2.05) is 18.0 Å². The highest BCUT2D eigenvalue weighted by molar-refractivity contribution is 5.92. The van der Waals surface area contributed by atoms with Crippen molar-refractivity contribution >= 4 is 5.91 Å². The first-order valence-electron chi connectivity index (χ1n) is 12.2. The summed E-state index contributed by atoms with van der Waals surface area (Å²) in [6.45, 7) is 3.46. The second-order valence-electron chi connectivity index (χ2n) is 9.24. The third kappa shape index (κ3) is 6.84. The molecule has 0 atom stereocenters. The third-order valence-corrected chi connectivity index (χ3v) is 6.47. The Bertz CT molecular complexity index is 1240. The lowest BCUT2D eigenvalue weighted by Gasteiger charge is -2.31. The highest BCUT2D eigenvalue weighted by Gasteiger charge is 2.30. The molecular weight excluding hydrogens is 501 g/mol. The van der Waals surface area contributed by atoms with E-state index >= 15 is 0 Å². The molecule has 2 aromatic carbocycles. The van der Waals surface area contributed by atoms with Crippen molar-refractivity contribution in [1.29, 1.82) is 0 Å². The first kappa shape index (κ1) is 27.5. The summed E-state index contributed by atoms with van der Waals surface area (Å²) in [7, 11) is 5.10. The Labute approximate surface area is 219 Å². The van der Waals surface area contributed by atoms with Crippen LogP contribution in [-0.4, -0.2) is 73.0 Å². The van der Waals surface area contributed by atoms with E-state index in [2.05, 4.69) is 9.88 Å². The number of carbonyl (C=O) groups excluding carboxylic acids is 1. The van der Waals surface area contributed by atoms with Gasteiger partial charge in [0.2, 0.25) is 5.89 Å². The van der Waals surface area contributed by atoms with Crippen LogP contribution in [0.15, 0.2) is 53.1 Å². The van der Waals surface area contributed by atoms with E-state index in [-0.39, 0.29) is 24.7 Å². The number of benzene rings is 2. The number of hydrogen-bond donors (Lipinski definition) is 0. The van der Waals surface area contributed by atoms with Gasteiger partial charge in [-0.05, 0) is 24.7 Å². The molecule has 1 amide bonds. The van der Waals surface area contributed by atoms with Crippen molar-refractivity contribution in [3.05, 3.63) is 77.0 Å². The molecule has 1 fully saturated rings. The van der Waals surface area contributed by atoms with Gasteiger partial charge in [-0.3, -0.25) is 9.69 Å². The summed E-state index contributed by atoms with van der Waals surface area (Å²) in [4.78, 5) is 23.1. The number of amides is 1. The second-order valence-corrected chi connectivity index (χ2v) is 9.24. The number of carbonyl (C=O) groups is 1. The maximum absolute atomic E-state index is 13.3. The van der Waals surface area contributed by atoms with Crippen LogP contribution in [0.2, 0.25) is 0 Å². The van der Waals surface area contributed by atoms with Gasteiger partial charge in [-0.15, -0.1) is 0 Å². The topological polar surface area (TPSA) is 71.3 Å². The van der Waals surface area contributed by atoms with Crippen molar-refractivity contribution < 1.29 is 31.9 Å². The molecule has 204 valence electrons. The van der Waals surface area contributed by atoms with E-state index in [9.17, 15) is 18.0 Å². The lowest BCUT2D eigenvalue weighted by molar-refractivity contribution is -0.137. The minimum absolute atomic E-state index is 0.168. The van der Waals surface area contributed by atoms with Crippen molar-refractivity contribution in [2.24, 2.45) is 0 Å². The van der Waals surface area contributed by atoms with Gasteiger partial charge >= 0.3 is 6.18 Å². The van der Waals surface area contributed by atoms with Gasteiger partial charge in [0.05, 0.1) is 26.3 Å². The average molecular weight is 533 g/mol. The molecule has 3 aromatic rings. The number of halogens is 3. The third-order valence-electron chi connectivity index (χ3n) is 6.47. The molecule has 38 heavy (non-hydrogen) atoms. The number of hydrogen-bond acceptors (Lipinski definition) is 7. The van der Waals surface area contributed by atoms with Crippen molar-refractivity contribution in [1.82, 2.24) is 19.7 Å². The molecule has 1 aromatic heterocycles. The van der Waals surface area contributed by atoms with Crippen LogP contribution in [0, 0.1) is 0 Å². The van der Waals surface area contributed by atoms with E-state index in [0.29, 0.717) is 42.6 Å². The predicted molar refractivity (Wildman–Crippen MR) is 134 cm³/mol. The molecule has 11 heteroatoms. The van der Waals surface area contributed by atoms with Crippen molar-refractivity contribution in [2.45, 2.75) is 25.8 Å². The van der Waals surface area contributed by atoms with Gasteiger partial charge in [0, 0.05) is 50.9 Å². The Hall–Kier alpha value is -3.57. The summed E-state index contributed by atoms with van der Waals surface area (Å²) in [5.74, 6) is 1.29. The smallest absolute Gasteiger partial charge is 0.416 e. The number of nitrogens with zero attached hydrogens (tertiary/aromatic N) is 4. The quantitative estimate of drug-likeness (QED) is 0.407. The van der Waals surface area contributed by atoms with Gasteiger partial charge in [0.1, 0.15) is 17.8 Å². The fourth-order valence-electron chi connectivity index (χ4n) is 4.34. The summed E-state index contributed by atoms with van der Waals surface area (Å²) in [5.41, 5.74) is 0.784. The number of likely N-dealkylation sites (N-methyl/N-ethyl adjacent to an activating group) is 1. The zero-order chi connectivity index (χ0) is 27.3. The summed E-state index contributed by atoms with van der Waals surface area (Å²) >= 11 is 0. The van der Waals surface area contributed by atoms with E-state index in [0.717, 1.165) is 30.8 Å². The number of oxazole rings is 1. The molecular formula is C27H31F3N4O4. The fourth-order valence-corrected chi connectivity index (χ4v) is 4.34. The monoisotopic (exact) mass is 532 g/mol. The maximum Gasteiger partial charge on any atom is 0.416 e. The van der Waals surface area contributed by atoms with Gasteiger partial charge in [0.25, 0.3) is 5.91 Å². The Morgan fingerprint density at radius 3 is 2.47 bits per heavy atom. The van der Waals surface area contributed by atoms with Crippen LogP contribution in [0.25, 0.3) is 0 Å². The van der Waals surface area contributed by atoms with Crippen LogP contribution in [0.3, 0.4) is 0 Å². The molecule has 1 saturated heterocycles. The Morgan fingerprint density at radius 1 is 1.03 bits per heavy atom. The van der Waals surface area contributed by atoms with Crippen molar-refractivity contribution in [3.8, 4) is 11.5 Å². The van der Waals surface area contributed by atoms with Gasteiger partial charge in [-0.1, -0.05) is 24.3 Å². The Balaban J connectivity index is 1.56. The van der Waals surface area contributed by atoms with E-state index < -0.39 is 11.7 Å². The molecule has 0 radical (unpaired) electrons. The number of piperazine rings is 1. The van der Waals surface area contributed by atoms with E-state index in [1.54, 1.807) is 37.3 Å². The number of rotatable bonds is 9. The average Bonchev–Trinajstić information content (AvgIpc) is 3.37. The second kappa shape index (κ2) is 11.9. The minimum Gasteiger partial charge on any atom is -0.497 e. The zero-order valence-corrected chi connectivity index (χ0v) is 21.6. The van der Waals surface area contributed by atoms with E-state index in [1.165, 1.54) is 12.3 Å². The highest BCUT2D eigenvalue weighted by Crippen LogP contribution is 2.31. The first-order valence-corrected chi connectivity index (χ1v) is 12.2. The van der Waals surface area contributed by atoms with Crippen molar-refractivity contribution in [2.75, 3.05) is 47.4 Å².